The van der Waals surface area contributed by atoms with Crippen molar-refractivity contribution in [2.24, 2.45) is 5.73 Å². The Bertz CT molecular complexity index is 397. The first-order chi connectivity index (χ1) is 8.18. The number of carbonyl (C=O) groups excluding carboxylic acids is 2. The van der Waals surface area contributed by atoms with Crippen LogP contribution in [0.15, 0.2) is 17.5 Å². The fourth-order valence-corrected chi connectivity index (χ4v) is 2.97. The molecule has 0 saturated heterocycles. The Balaban J connectivity index is 2.14. The van der Waals surface area contributed by atoms with Gasteiger partial charge in [0, 0.05) is 6.04 Å². The number of rotatable bonds is 4. The van der Waals surface area contributed by atoms with Crippen molar-refractivity contribution < 1.29 is 9.59 Å². The standard InChI is InChI=1S/C12H16N2O2S/c13-11(15)8-14(9-4-1-2-5-9)12(16)10-6-3-7-17-10/h3,6-7,9H,1-2,4-5,8H2,(H2,13,15). The second-order valence-corrected chi connectivity index (χ2v) is 5.26. The number of hydrogen-bond donors (Lipinski definition) is 1. The molecule has 0 unspecified atom stereocenters. The lowest BCUT2D eigenvalue weighted by molar-refractivity contribution is -0.119. The third kappa shape index (κ3) is 2.85. The summed E-state index contributed by atoms with van der Waals surface area (Å²) in [7, 11) is 0. The third-order valence-electron chi connectivity index (χ3n) is 3.08. The largest absolute Gasteiger partial charge is 0.368 e. The average molecular weight is 252 g/mol. The predicted octanol–water partition coefficient (Wildman–Crippen LogP) is 1.62. The summed E-state index contributed by atoms with van der Waals surface area (Å²) < 4.78 is 0. The van der Waals surface area contributed by atoms with Gasteiger partial charge >= 0.3 is 0 Å². The van der Waals surface area contributed by atoms with Gasteiger partial charge in [0.05, 0.1) is 11.4 Å². The molecule has 1 aliphatic carbocycles. The van der Waals surface area contributed by atoms with E-state index in [1.807, 2.05) is 11.4 Å². The molecule has 1 aromatic heterocycles. The van der Waals surface area contributed by atoms with Crippen molar-refractivity contribution in [1.82, 2.24) is 4.90 Å². The lowest BCUT2D eigenvalue weighted by atomic mass is 10.2. The lowest BCUT2D eigenvalue weighted by Crippen LogP contribution is -2.43. The average Bonchev–Trinajstić information content (AvgIpc) is 2.96. The summed E-state index contributed by atoms with van der Waals surface area (Å²) in [5, 5.41) is 1.87. The molecule has 1 fully saturated rings. The summed E-state index contributed by atoms with van der Waals surface area (Å²) in [6, 6.07) is 3.81. The van der Waals surface area contributed by atoms with E-state index >= 15 is 0 Å². The van der Waals surface area contributed by atoms with Gasteiger partial charge in [-0.1, -0.05) is 18.9 Å². The van der Waals surface area contributed by atoms with Gasteiger partial charge < -0.3 is 10.6 Å². The first-order valence-corrected chi connectivity index (χ1v) is 6.69. The highest BCUT2D eigenvalue weighted by molar-refractivity contribution is 7.12. The van der Waals surface area contributed by atoms with Crippen molar-refractivity contribution in [3.8, 4) is 0 Å². The maximum atomic E-state index is 12.3. The summed E-state index contributed by atoms with van der Waals surface area (Å²) in [5.74, 6) is -0.507. The zero-order valence-corrected chi connectivity index (χ0v) is 10.4. The van der Waals surface area contributed by atoms with Crippen LogP contribution in [0.5, 0.6) is 0 Å². The normalized spacial score (nSPS) is 16.0. The Kier molecular flexibility index (Phi) is 3.78. The van der Waals surface area contributed by atoms with Crippen LogP contribution in [-0.2, 0) is 4.79 Å². The van der Waals surface area contributed by atoms with Gasteiger partial charge in [-0.15, -0.1) is 11.3 Å². The van der Waals surface area contributed by atoms with Crippen LogP contribution >= 0.6 is 11.3 Å². The van der Waals surface area contributed by atoms with E-state index < -0.39 is 5.91 Å². The Morgan fingerprint density at radius 1 is 1.41 bits per heavy atom. The molecule has 1 heterocycles. The predicted molar refractivity (Wildman–Crippen MR) is 66.8 cm³/mol. The van der Waals surface area contributed by atoms with E-state index in [9.17, 15) is 9.59 Å². The van der Waals surface area contributed by atoms with Gasteiger partial charge in [-0.25, -0.2) is 0 Å². The molecule has 92 valence electrons. The van der Waals surface area contributed by atoms with Crippen LogP contribution < -0.4 is 5.73 Å². The van der Waals surface area contributed by atoms with E-state index in [1.54, 1.807) is 11.0 Å². The first kappa shape index (κ1) is 12.1. The quantitative estimate of drug-likeness (QED) is 0.885. The minimum absolute atomic E-state index is 0.0292. The molecule has 2 amide bonds. The third-order valence-corrected chi connectivity index (χ3v) is 3.94. The van der Waals surface area contributed by atoms with Crippen LogP contribution in [0.4, 0.5) is 0 Å². The number of primary amides is 1. The van der Waals surface area contributed by atoms with Crippen LogP contribution in [-0.4, -0.2) is 29.3 Å². The van der Waals surface area contributed by atoms with Gasteiger partial charge in [-0.3, -0.25) is 9.59 Å². The molecule has 2 N–H and O–H groups in total. The van der Waals surface area contributed by atoms with Crippen LogP contribution in [0, 0.1) is 0 Å². The number of hydrogen-bond acceptors (Lipinski definition) is 3. The molecule has 1 saturated carbocycles. The first-order valence-electron chi connectivity index (χ1n) is 5.81. The van der Waals surface area contributed by atoms with Crippen LogP contribution in [0.25, 0.3) is 0 Å². The SMILES string of the molecule is NC(=O)CN(C(=O)c1cccs1)C1CCCC1. The zero-order valence-electron chi connectivity index (χ0n) is 9.59. The molecule has 2 rings (SSSR count). The molecular formula is C12H16N2O2S. The molecule has 0 spiro atoms. The van der Waals surface area contributed by atoms with Crippen molar-refractivity contribution in [2.45, 2.75) is 31.7 Å². The van der Waals surface area contributed by atoms with E-state index in [1.165, 1.54) is 11.3 Å². The molecular weight excluding hydrogens is 236 g/mol. The molecule has 5 heteroatoms. The summed E-state index contributed by atoms with van der Waals surface area (Å²) in [5.41, 5.74) is 5.22. The number of thiophene rings is 1. The van der Waals surface area contributed by atoms with E-state index in [0.717, 1.165) is 25.7 Å². The van der Waals surface area contributed by atoms with Crippen molar-refractivity contribution in [3.63, 3.8) is 0 Å². The van der Waals surface area contributed by atoms with E-state index in [-0.39, 0.29) is 18.5 Å². The number of nitrogens with zero attached hydrogens (tertiary/aromatic N) is 1. The maximum Gasteiger partial charge on any atom is 0.264 e. The smallest absolute Gasteiger partial charge is 0.264 e. The molecule has 0 atom stereocenters. The second-order valence-electron chi connectivity index (χ2n) is 4.31. The van der Waals surface area contributed by atoms with E-state index in [0.29, 0.717) is 4.88 Å². The van der Waals surface area contributed by atoms with E-state index in [4.69, 9.17) is 5.73 Å². The molecule has 4 nitrogen and oxygen atoms in total. The Labute approximate surface area is 104 Å². The van der Waals surface area contributed by atoms with E-state index in [2.05, 4.69) is 0 Å². The number of amides is 2. The zero-order chi connectivity index (χ0) is 12.3. The maximum absolute atomic E-state index is 12.3. The molecule has 17 heavy (non-hydrogen) atoms. The van der Waals surface area contributed by atoms with Gasteiger partial charge in [0.1, 0.15) is 0 Å². The van der Waals surface area contributed by atoms with Crippen LogP contribution in [0.1, 0.15) is 35.4 Å². The minimum Gasteiger partial charge on any atom is -0.368 e. The highest BCUT2D eigenvalue weighted by Crippen LogP contribution is 2.25. The van der Waals surface area contributed by atoms with Gasteiger partial charge in [0.25, 0.3) is 5.91 Å². The molecule has 0 radical (unpaired) electrons. The monoisotopic (exact) mass is 252 g/mol. The Morgan fingerprint density at radius 3 is 2.65 bits per heavy atom. The lowest BCUT2D eigenvalue weighted by Gasteiger charge is -2.27. The van der Waals surface area contributed by atoms with Crippen molar-refractivity contribution in [2.75, 3.05) is 6.54 Å². The second kappa shape index (κ2) is 5.31. The highest BCUT2D eigenvalue weighted by atomic mass is 32.1. The Morgan fingerprint density at radius 2 is 2.12 bits per heavy atom. The summed E-state index contributed by atoms with van der Waals surface area (Å²) in [6.07, 6.45) is 4.20. The molecule has 1 aliphatic rings. The summed E-state index contributed by atoms with van der Waals surface area (Å²) in [4.78, 5) is 25.6. The fourth-order valence-electron chi connectivity index (χ4n) is 2.29. The summed E-state index contributed by atoms with van der Waals surface area (Å²) in [6.45, 7) is 0.0292. The fraction of sp³-hybridized carbons (Fsp3) is 0.500. The summed E-state index contributed by atoms with van der Waals surface area (Å²) >= 11 is 1.40. The van der Waals surface area contributed by atoms with Crippen molar-refractivity contribution in [3.05, 3.63) is 22.4 Å². The highest BCUT2D eigenvalue weighted by Gasteiger charge is 2.28. The van der Waals surface area contributed by atoms with Gasteiger partial charge in [0.15, 0.2) is 0 Å². The number of carbonyl (C=O) groups is 2. The van der Waals surface area contributed by atoms with Gasteiger partial charge in [-0.2, -0.15) is 0 Å². The van der Waals surface area contributed by atoms with Crippen molar-refractivity contribution in [1.29, 1.82) is 0 Å². The minimum atomic E-state index is -0.443. The molecule has 0 bridgehead atoms. The van der Waals surface area contributed by atoms with Gasteiger partial charge in [-0.05, 0) is 24.3 Å². The van der Waals surface area contributed by atoms with Crippen LogP contribution in [0.3, 0.4) is 0 Å². The van der Waals surface area contributed by atoms with Gasteiger partial charge in [0.2, 0.25) is 5.91 Å². The van der Waals surface area contributed by atoms with Crippen molar-refractivity contribution >= 4 is 23.2 Å². The Hall–Kier alpha value is -1.36. The molecule has 1 aromatic rings. The number of nitrogens with two attached hydrogens (primary N) is 1. The topological polar surface area (TPSA) is 63.4 Å². The molecule has 0 aliphatic heterocycles. The van der Waals surface area contributed by atoms with Crippen LogP contribution in [0.2, 0.25) is 0 Å². The molecule has 0 aromatic carbocycles.